The molecule has 0 aliphatic heterocycles. The molecule has 0 bridgehead atoms. The summed E-state index contributed by atoms with van der Waals surface area (Å²) < 4.78 is 12.6. The van der Waals surface area contributed by atoms with Crippen molar-refractivity contribution in [2.24, 2.45) is 7.05 Å². The van der Waals surface area contributed by atoms with E-state index in [0.29, 0.717) is 22.4 Å². The van der Waals surface area contributed by atoms with Crippen LogP contribution in [0.2, 0.25) is 0 Å². The molecule has 0 atom stereocenters. The molecule has 0 radical (unpaired) electrons. The van der Waals surface area contributed by atoms with Crippen LogP contribution < -0.4 is 20.3 Å². The second-order valence-electron chi connectivity index (χ2n) is 6.24. The van der Waals surface area contributed by atoms with Crippen LogP contribution in [0.15, 0.2) is 54.7 Å². The SMILES string of the molecule is C=C.COc1cc(-c2cn(C)c(=O)c3cnccc23)cc(OC)c1CNCC(=O)O. The lowest BCUT2D eigenvalue weighted by atomic mass is 9.99. The Morgan fingerprint density at radius 1 is 1.20 bits per heavy atom. The standard InChI is InChI=1S/C20H21N3O5.C2H4/c1-23-11-16(13-4-5-21-8-14(13)20(23)26)12-6-17(27-2)15(18(7-12)28-3)9-22-10-19(24)25;1-2/h4-8,11,22H,9-10H2,1-3H3,(H,24,25);1-2H2. The third kappa shape index (κ3) is 4.66. The van der Waals surface area contributed by atoms with Crippen molar-refractivity contribution in [3.63, 3.8) is 0 Å². The fraction of sp³-hybridized carbons (Fsp3) is 0.227. The molecule has 0 unspecified atom stereocenters. The van der Waals surface area contributed by atoms with Crippen LogP contribution in [0.5, 0.6) is 11.5 Å². The van der Waals surface area contributed by atoms with Gasteiger partial charge < -0.3 is 24.5 Å². The number of ether oxygens (including phenoxy) is 2. The Bertz CT molecular complexity index is 1080. The summed E-state index contributed by atoms with van der Waals surface area (Å²) in [7, 11) is 4.78. The number of aromatic nitrogens is 2. The highest BCUT2D eigenvalue weighted by atomic mass is 16.5. The maximum atomic E-state index is 12.4. The van der Waals surface area contributed by atoms with Crippen LogP contribution in [-0.4, -0.2) is 41.4 Å². The van der Waals surface area contributed by atoms with E-state index < -0.39 is 5.97 Å². The summed E-state index contributed by atoms with van der Waals surface area (Å²) >= 11 is 0. The first-order chi connectivity index (χ1) is 14.5. The van der Waals surface area contributed by atoms with Crippen molar-refractivity contribution in [3.05, 3.63) is 65.9 Å². The van der Waals surface area contributed by atoms with Gasteiger partial charge in [-0.15, -0.1) is 13.2 Å². The van der Waals surface area contributed by atoms with Gasteiger partial charge in [-0.05, 0) is 29.1 Å². The number of nitrogens with zero attached hydrogens (tertiary/aromatic N) is 2. The third-order valence-corrected chi connectivity index (χ3v) is 4.48. The van der Waals surface area contributed by atoms with Gasteiger partial charge in [0.1, 0.15) is 11.5 Å². The van der Waals surface area contributed by atoms with Gasteiger partial charge in [-0.1, -0.05) is 0 Å². The normalized spacial score (nSPS) is 10.2. The number of hydrogen-bond donors (Lipinski definition) is 2. The molecule has 3 rings (SSSR count). The van der Waals surface area contributed by atoms with Crippen molar-refractivity contribution in [2.75, 3.05) is 20.8 Å². The smallest absolute Gasteiger partial charge is 0.317 e. The van der Waals surface area contributed by atoms with E-state index in [0.717, 1.165) is 16.5 Å². The number of carboxylic acids is 1. The summed E-state index contributed by atoms with van der Waals surface area (Å²) in [5.74, 6) is 0.173. The number of benzene rings is 1. The molecule has 0 fully saturated rings. The molecule has 8 nitrogen and oxygen atoms in total. The number of aryl methyl sites for hydroxylation is 1. The Balaban J connectivity index is 0.00000155. The van der Waals surface area contributed by atoms with Gasteiger partial charge in [0.2, 0.25) is 0 Å². The quantitative estimate of drug-likeness (QED) is 0.576. The molecule has 158 valence electrons. The molecule has 0 amide bonds. The average Bonchev–Trinajstić information content (AvgIpc) is 2.77. The molecule has 2 aromatic heterocycles. The van der Waals surface area contributed by atoms with Crippen LogP contribution in [0.4, 0.5) is 0 Å². The van der Waals surface area contributed by atoms with Gasteiger partial charge in [-0.2, -0.15) is 0 Å². The summed E-state index contributed by atoms with van der Waals surface area (Å²) in [5.41, 5.74) is 2.23. The van der Waals surface area contributed by atoms with Crippen LogP contribution in [0.25, 0.3) is 21.9 Å². The monoisotopic (exact) mass is 411 g/mol. The Morgan fingerprint density at radius 2 is 1.83 bits per heavy atom. The molecule has 0 aliphatic rings. The van der Waals surface area contributed by atoms with Gasteiger partial charge in [0.25, 0.3) is 5.56 Å². The van der Waals surface area contributed by atoms with Gasteiger partial charge >= 0.3 is 5.97 Å². The van der Waals surface area contributed by atoms with Gasteiger partial charge in [0, 0.05) is 43.3 Å². The average molecular weight is 411 g/mol. The van der Waals surface area contributed by atoms with Crippen molar-refractivity contribution >= 4 is 16.7 Å². The molecule has 8 heteroatoms. The molecular weight excluding hydrogens is 386 g/mol. The van der Waals surface area contributed by atoms with Gasteiger partial charge in [-0.25, -0.2) is 0 Å². The molecule has 0 saturated carbocycles. The largest absolute Gasteiger partial charge is 0.496 e. The number of pyridine rings is 2. The van der Waals surface area contributed by atoms with E-state index >= 15 is 0 Å². The fourth-order valence-corrected chi connectivity index (χ4v) is 3.15. The lowest BCUT2D eigenvalue weighted by Crippen LogP contribution is -2.22. The Hall–Kier alpha value is -3.65. The van der Waals surface area contributed by atoms with E-state index in [-0.39, 0.29) is 18.6 Å². The van der Waals surface area contributed by atoms with E-state index in [2.05, 4.69) is 23.5 Å². The third-order valence-electron chi connectivity index (χ3n) is 4.48. The van der Waals surface area contributed by atoms with Gasteiger partial charge in [-0.3, -0.25) is 14.6 Å². The highest BCUT2D eigenvalue weighted by Gasteiger charge is 2.16. The Morgan fingerprint density at radius 3 is 2.40 bits per heavy atom. The molecule has 2 heterocycles. The highest BCUT2D eigenvalue weighted by Crippen LogP contribution is 2.36. The Labute approximate surface area is 174 Å². The van der Waals surface area contributed by atoms with E-state index in [1.165, 1.54) is 4.57 Å². The zero-order valence-electron chi connectivity index (χ0n) is 17.3. The summed E-state index contributed by atoms with van der Waals surface area (Å²) in [6, 6.07) is 5.49. The topological polar surface area (TPSA) is 103 Å². The molecular formula is C22H25N3O5. The predicted octanol–water partition coefficient (Wildman–Crippen LogP) is 2.59. The molecule has 2 N–H and O–H groups in total. The number of fused-ring (bicyclic) bond motifs is 1. The Kier molecular flexibility index (Phi) is 7.71. The van der Waals surface area contributed by atoms with Crippen LogP contribution in [-0.2, 0) is 18.4 Å². The number of carboxylic acid groups (broad SMARTS) is 1. The first-order valence-corrected chi connectivity index (χ1v) is 9.07. The number of aliphatic carboxylic acids is 1. The predicted molar refractivity (Wildman–Crippen MR) is 116 cm³/mol. The van der Waals surface area contributed by atoms with Gasteiger partial charge in [0.05, 0.1) is 26.2 Å². The minimum atomic E-state index is -0.945. The van der Waals surface area contributed by atoms with E-state index in [9.17, 15) is 9.59 Å². The lowest BCUT2D eigenvalue weighted by Gasteiger charge is -2.17. The van der Waals surface area contributed by atoms with Crippen LogP contribution >= 0.6 is 0 Å². The highest BCUT2D eigenvalue weighted by molar-refractivity contribution is 5.95. The summed E-state index contributed by atoms with van der Waals surface area (Å²) in [4.78, 5) is 27.2. The van der Waals surface area contributed by atoms with Crippen LogP contribution in [0, 0.1) is 0 Å². The second kappa shape index (κ2) is 10.2. The molecule has 0 aliphatic carbocycles. The fourth-order valence-electron chi connectivity index (χ4n) is 3.15. The van der Waals surface area contributed by atoms with Crippen LogP contribution in [0.3, 0.4) is 0 Å². The molecule has 0 saturated heterocycles. The maximum absolute atomic E-state index is 12.4. The molecule has 1 aromatic carbocycles. The van der Waals surface area contributed by atoms with Crippen molar-refractivity contribution in [3.8, 4) is 22.6 Å². The first-order valence-electron chi connectivity index (χ1n) is 9.07. The zero-order chi connectivity index (χ0) is 22.3. The number of nitrogens with one attached hydrogen (secondary N) is 1. The number of rotatable bonds is 7. The van der Waals surface area contributed by atoms with Gasteiger partial charge in [0.15, 0.2) is 0 Å². The minimum Gasteiger partial charge on any atom is -0.496 e. The lowest BCUT2D eigenvalue weighted by molar-refractivity contribution is -0.136. The first kappa shape index (κ1) is 22.6. The summed E-state index contributed by atoms with van der Waals surface area (Å²) in [6.45, 7) is 6.10. The van der Waals surface area contributed by atoms with Crippen molar-refractivity contribution < 1.29 is 19.4 Å². The van der Waals surface area contributed by atoms with Crippen molar-refractivity contribution in [2.45, 2.75) is 6.54 Å². The molecule has 3 aromatic rings. The van der Waals surface area contributed by atoms with E-state index in [4.69, 9.17) is 14.6 Å². The zero-order valence-corrected chi connectivity index (χ0v) is 17.3. The van der Waals surface area contributed by atoms with Crippen LogP contribution in [0.1, 0.15) is 5.56 Å². The molecule has 0 spiro atoms. The van der Waals surface area contributed by atoms with E-state index in [1.54, 1.807) is 45.9 Å². The molecule has 30 heavy (non-hydrogen) atoms. The van der Waals surface area contributed by atoms with Crippen molar-refractivity contribution in [1.29, 1.82) is 0 Å². The minimum absolute atomic E-state index is 0.125. The number of carbonyl (C=O) groups is 1. The number of hydrogen-bond acceptors (Lipinski definition) is 6. The van der Waals surface area contributed by atoms with E-state index in [1.807, 2.05) is 12.1 Å². The summed E-state index contributed by atoms with van der Waals surface area (Å²) in [5, 5.41) is 13.0. The maximum Gasteiger partial charge on any atom is 0.317 e. The second-order valence-corrected chi connectivity index (χ2v) is 6.24. The summed E-state index contributed by atoms with van der Waals surface area (Å²) in [6.07, 6.45) is 4.96. The van der Waals surface area contributed by atoms with Crippen molar-refractivity contribution in [1.82, 2.24) is 14.9 Å². The number of methoxy groups -OCH3 is 2.